The third-order valence-corrected chi connectivity index (χ3v) is 5.44. The van der Waals surface area contributed by atoms with Crippen LogP contribution in [0.5, 0.6) is 0 Å². The number of thiocarbonyl (C=S) groups is 1. The van der Waals surface area contributed by atoms with Crippen LogP contribution in [-0.4, -0.2) is 62.2 Å². The van der Waals surface area contributed by atoms with E-state index in [9.17, 15) is 8.42 Å². The summed E-state index contributed by atoms with van der Waals surface area (Å²) >= 11 is 4.79. The van der Waals surface area contributed by atoms with E-state index < -0.39 is 10.0 Å². The molecule has 1 aliphatic heterocycles. The lowest BCUT2D eigenvalue weighted by molar-refractivity contribution is -0.00461. The zero-order chi connectivity index (χ0) is 15.6. The highest BCUT2D eigenvalue weighted by Gasteiger charge is 2.39. The summed E-state index contributed by atoms with van der Waals surface area (Å²) in [5, 5.41) is 0. The van der Waals surface area contributed by atoms with Gasteiger partial charge in [-0.15, -0.1) is 0 Å². The van der Waals surface area contributed by atoms with Crippen molar-refractivity contribution in [2.75, 3.05) is 27.3 Å². The van der Waals surface area contributed by atoms with E-state index in [1.165, 1.54) is 36.9 Å². The molecule has 0 amide bonds. The van der Waals surface area contributed by atoms with Gasteiger partial charge < -0.3 is 15.2 Å². The second-order valence-corrected chi connectivity index (χ2v) is 6.99. The van der Waals surface area contributed by atoms with Crippen molar-refractivity contribution < 1.29 is 17.9 Å². The summed E-state index contributed by atoms with van der Waals surface area (Å²) in [6.45, 7) is 0.489. The van der Waals surface area contributed by atoms with Gasteiger partial charge in [-0.2, -0.15) is 4.31 Å². The number of hydrogen-bond donors (Lipinski definition) is 1. The highest BCUT2D eigenvalue weighted by atomic mass is 32.2. The summed E-state index contributed by atoms with van der Waals surface area (Å²) in [5.74, 6) is 0. The fraction of sp³-hybridized carbons (Fsp3) is 0.500. The number of methoxy groups -OCH3 is 2. The fourth-order valence-electron chi connectivity index (χ4n) is 2.19. The number of rotatable bonds is 5. The minimum absolute atomic E-state index is 0.0918. The molecule has 2 unspecified atom stereocenters. The van der Waals surface area contributed by atoms with Crippen molar-refractivity contribution in [1.82, 2.24) is 9.29 Å². The largest absolute Gasteiger partial charge is 0.388 e. The van der Waals surface area contributed by atoms with Crippen molar-refractivity contribution in [3.05, 3.63) is 24.0 Å². The van der Waals surface area contributed by atoms with Crippen LogP contribution in [-0.2, 0) is 19.5 Å². The molecule has 1 aromatic rings. The molecule has 7 nitrogen and oxygen atoms in total. The van der Waals surface area contributed by atoms with Gasteiger partial charge in [-0.3, -0.25) is 4.98 Å². The van der Waals surface area contributed by atoms with Crippen molar-refractivity contribution in [3.63, 3.8) is 0 Å². The molecule has 0 saturated carbocycles. The predicted octanol–water partition coefficient (Wildman–Crippen LogP) is -0.250. The van der Waals surface area contributed by atoms with Gasteiger partial charge in [0.15, 0.2) is 0 Å². The lowest BCUT2D eigenvalue weighted by Crippen LogP contribution is -2.30. The highest BCUT2D eigenvalue weighted by Crippen LogP contribution is 2.23. The standard InChI is InChI=1S/C12H17N3O4S2/c1-18-10-6-15(7-11(10)19-2)21(16,17)8-3-4-9(12(13)20)14-5-8/h3-5,10-11H,6-7H2,1-2H3,(H2,13,20). The topological polar surface area (TPSA) is 94.8 Å². The second-order valence-electron chi connectivity index (χ2n) is 4.61. The first-order valence-corrected chi connectivity index (χ1v) is 8.06. The van der Waals surface area contributed by atoms with Crippen LogP contribution in [0.15, 0.2) is 23.2 Å². The van der Waals surface area contributed by atoms with Crippen LogP contribution in [0, 0.1) is 0 Å². The maximum atomic E-state index is 12.5. The van der Waals surface area contributed by atoms with Crippen molar-refractivity contribution in [3.8, 4) is 0 Å². The van der Waals surface area contributed by atoms with E-state index in [1.807, 2.05) is 0 Å². The summed E-state index contributed by atoms with van der Waals surface area (Å²) in [6.07, 6.45) is 0.688. The van der Waals surface area contributed by atoms with Crippen molar-refractivity contribution in [2.24, 2.45) is 5.73 Å². The maximum absolute atomic E-state index is 12.5. The molecule has 9 heteroatoms. The van der Waals surface area contributed by atoms with Crippen LogP contribution in [0.4, 0.5) is 0 Å². The summed E-state index contributed by atoms with van der Waals surface area (Å²) in [5.41, 5.74) is 5.83. The van der Waals surface area contributed by atoms with E-state index in [4.69, 9.17) is 27.4 Å². The summed E-state index contributed by atoms with van der Waals surface area (Å²) in [4.78, 5) is 4.18. The molecule has 2 atom stereocenters. The molecular formula is C12H17N3O4S2. The first-order chi connectivity index (χ1) is 9.90. The van der Waals surface area contributed by atoms with Crippen molar-refractivity contribution in [1.29, 1.82) is 0 Å². The van der Waals surface area contributed by atoms with E-state index >= 15 is 0 Å². The minimum atomic E-state index is -3.64. The van der Waals surface area contributed by atoms with Gasteiger partial charge >= 0.3 is 0 Å². The zero-order valence-corrected chi connectivity index (χ0v) is 13.4. The number of aromatic nitrogens is 1. The Kier molecular flexibility index (Phi) is 4.89. The van der Waals surface area contributed by atoms with E-state index in [0.29, 0.717) is 5.69 Å². The average molecular weight is 331 g/mol. The molecule has 1 fully saturated rings. The van der Waals surface area contributed by atoms with Gasteiger partial charge in [-0.1, -0.05) is 12.2 Å². The molecule has 0 radical (unpaired) electrons. The molecule has 0 bridgehead atoms. The van der Waals surface area contributed by atoms with Crippen molar-refractivity contribution in [2.45, 2.75) is 17.1 Å². The number of pyridine rings is 1. The molecule has 21 heavy (non-hydrogen) atoms. The average Bonchev–Trinajstić information content (AvgIpc) is 2.91. The van der Waals surface area contributed by atoms with Gasteiger partial charge in [0.25, 0.3) is 0 Å². The minimum Gasteiger partial charge on any atom is -0.388 e. The third-order valence-electron chi connectivity index (χ3n) is 3.41. The lowest BCUT2D eigenvalue weighted by atomic mass is 10.3. The van der Waals surface area contributed by atoms with Gasteiger partial charge in [-0.25, -0.2) is 8.42 Å². The van der Waals surface area contributed by atoms with Crippen LogP contribution in [0.1, 0.15) is 5.69 Å². The number of nitrogens with two attached hydrogens (primary N) is 1. The van der Waals surface area contributed by atoms with Crippen LogP contribution in [0.3, 0.4) is 0 Å². The second kappa shape index (κ2) is 6.32. The Balaban J connectivity index is 2.24. The normalized spacial score (nSPS) is 23.3. The van der Waals surface area contributed by atoms with Crippen molar-refractivity contribution >= 4 is 27.2 Å². The summed E-state index contributed by atoms with van der Waals surface area (Å²) in [7, 11) is -0.574. The quantitative estimate of drug-likeness (QED) is 0.743. The molecule has 2 rings (SSSR count). The fourth-order valence-corrected chi connectivity index (χ4v) is 3.72. The smallest absolute Gasteiger partial charge is 0.244 e. The van der Waals surface area contributed by atoms with Gasteiger partial charge in [0.05, 0.1) is 17.9 Å². The van der Waals surface area contributed by atoms with Crippen LogP contribution >= 0.6 is 12.2 Å². The maximum Gasteiger partial charge on any atom is 0.244 e. The van der Waals surface area contributed by atoms with Gasteiger partial charge in [0, 0.05) is 33.5 Å². The Bertz CT molecular complexity index is 606. The summed E-state index contributed by atoms with van der Waals surface area (Å²) in [6, 6.07) is 2.94. The number of ether oxygens (including phenoxy) is 2. The predicted molar refractivity (Wildman–Crippen MR) is 80.5 cm³/mol. The lowest BCUT2D eigenvalue weighted by Gasteiger charge is -2.15. The van der Waals surface area contributed by atoms with Crippen LogP contribution < -0.4 is 5.73 Å². The van der Waals surface area contributed by atoms with Gasteiger partial charge in [0.1, 0.15) is 9.88 Å². The Hall–Kier alpha value is -1.13. The highest BCUT2D eigenvalue weighted by molar-refractivity contribution is 7.89. The zero-order valence-electron chi connectivity index (χ0n) is 11.7. The third kappa shape index (κ3) is 3.22. The number of nitrogens with zero attached hydrogens (tertiary/aromatic N) is 2. The SMILES string of the molecule is COC1CN(S(=O)(=O)c2ccc(C(N)=S)nc2)CC1OC. The van der Waals surface area contributed by atoms with E-state index in [-0.39, 0.29) is 35.2 Å². The Labute approximate surface area is 129 Å². The molecule has 1 aliphatic rings. The molecular weight excluding hydrogens is 314 g/mol. The van der Waals surface area contributed by atoms with E-state index in [1.54, 1.807) is 0 Å². The number of hydrogen-bond acceptors (Lipinski definition) is 6. The first kappa shape index (κ1) is 16.2. The molecule has 0 aromatic carbocycles. The molecule has 1 saturated heterocycles. The monoisotopic (exact) mass is 331 g/mol. The molecule has 0 spiro atoms. The van der Waals surface area contributed by atoms with Gasteiger partial charge in [0.2, 0.25) is 10.0 Å². The Morgan fingerprint density at radius 2 is 1.90 bits per heavy atom. The first-order valence-electron chi connectivity index (χ1n) is 6.21. The van der Waals surface area contributed by atoms with Crippen LogP contribution in [0.2, 0.25) is 0 Å². The van der Waals surface area contributed by atoms with Crippen LogP contribution in [0.25, 0.3) is 0 Å². The Morgan fingerprint density at radius 3 is 2.29 bits per heavy atom. The molecule has 0 aliphatic carbocycles. The molecule has 2 N–H and O–H groups in total. The molecule has 1 aromatic heterocycles. The Morgan fingerprint density at radius 1 is 1.33 bits per heavy atom. The van der Waals surface area contributed by atoms with E-state index in [2.05, 4.69) is 4.98 Å². The van der Waals surface area contributed by atoms with E-state index in [0.717, 1.165) is 0 Å². The molecule has 2 heterocycles. The number of sulfonamides is 1. The van der Waals surface area contributed by atoms with Gasteiger partial charge in [-0.05, 0) is 12.1 Å². The molecule has 116 valence electrons. The summed E-state index contributed by atoms with van der Waals surface area (Å²) < 4.78 is 36.9.